The van der Waals surface area contributed by atoms with Crippen molar-refractivity contribution >= 4 is 33.2 Å². The Bertz CT molecular complexity index is 1050. The van der Waals surface area contributed by atoms with E-state index in [2.05, 4.69) is 25.2 Å². The van der Waals surface area contributed by atoms with E-state index in [-0.39, 0.29) is 28.5 Å². The summed E-state index contributed by atoms with van der Waals surface area (Å²) < 4.78 is 30.2. The molecule has 0 saturated heterocycles. The predicted octanol–water partition coefficient (Wildman–Crippen LogP) is 4.67. The van der Waals surface area contributed by atoms with Crippen LogP contribution in [-0.2, 0) is 10.0 Å². The van der Waals surface area contributed by atoms with Crippen LogP contribution in [0, 0.1) is 6.92 Å². The first-order valence-electron chi connectivity index (χ1n) is 9.59. The second-order valence-electron chi connectivity index (χ2n) is 7.70. The molecule has 6 nitrogen and oxygen atoms in total. The number of sulfonamides is 1. The van der Waals surface area contributed by atoms with Gasteiger partial charge in [-0.05, 0) is 66.8 Å². The van der Waals surface area contributed by atoms with Gasteiger partial charge in [0.2, 0.25) is 10.0 Å². The summed E-state index contributed by atoms with van der Waals surface area (Å²) in [7, 11) is -0.381. The predicted molar refractivity (Wildman–Crippen MR) is 122 cm³/mol. The molecule has 8 heteroatoms. The normalized spacial score (nSPS) is 12.6. The number of aryl methyl sites for hydroxylation is 1. The number of amides is 1. The maximum absolute atomic E-state index is 12.9. The first-order chi connectivity index (χ1) is 13.9. The first kappa shape index (κ1) is 24.0. The smallest absolute Gasteiger partial charge is 0.253 e. The number of carbonyl (C=O) groups excluding carboxylic acids is 1. The van der Waals surface area contributed by atoms with Crippen LogP contribution in [0.4, 0.5) is 5.69 Å². The molecular weight excluding hydrogens is 424 g/mol. The third-order valence-electron chi connectivity index (χ3n) is 5.11. The largest absolute Gasteiger partial charge is 0.496 e. The fraction of sp³-hybridized carbons (Fsp3) is 0.409. The van der Waals surface area contributed by atoms with Gasteiger partial charge in [0.05, 0.1) is 35.7 Å². The second-order valence-corrected chi connectivity index (χ2v) is 10.1. The van der Waals surface area contributed by atoms with Crippen LogP contribution in [0.5, 0.6) is 5.75 Å². The molecule has 0 heterocycles. The highest BCUT2D eigenvalue weighted by molar-refractivity contribution is 7.92. The highest BCUT2D eigenvalue weighted by Gasteiger charge is 2.20. The molecule has 0 fully saturated rings. The Kier molecular flexibility index (Phi) is 7.42. The molecule has 2 rings (SSSR count). The zero-order valence-electron chi connectivity index (χ0n) is 18.4. The molecule has 30 heavy (non-hydrogen) atoms. The van der Waals surface area contributed by atoms with Gasteiger partial charge in [0.1, 0.15) is 5.75 Å². The number of hydrogen-bond acceptors (Lipinski definition) is 4. The van der Waals surface area contributed by atoms with E-state index in [1.54, 1.807) is 13.2 Å². The molecule has 0 aromatic heterocycles. The third-order valence-corrected chi connectivity index (χ3v) is 6.65. The number of nitrogens with one attached hydrogen (secondary N) is 1. The van der Waals surface area contributed by atoms with E-state index in [0.717, 1.165) is 33.0 Å². The van der Waals surface area contributed by atoms with Crippen molar-refractivity contribution in [1.29, 1.82) is 0 Å². The minimum Gasteiger partial charge on any atom is -0.496 e. The molecule has 1 amide bonds. The van der Waals surface area contributed by atoms with E-state index in [0.29, 0.717) is 5.69 Å². The van der Waals surface area contributed by atoms with Crippen molar-refractivity contribution in [3.05, 3.63) is 57.6 Å². The van der Waals surface area contributed by atoms with Crippen LogP contribution in [0.3, 0.4) is 0 Å². The number of methoxy groups -OCH3 is 1. The van der Waals surface area contributed by atoms with E-state index < -0.39 is 10.0 Å². The molecule has 2 aromatic carbocycles. The fourth-order valence-corrected chi connectivity index (χ4v) is 3.94. The van der Waals surface area contributed by atoms with Crippen molar-refractivity contribution in [2.45, 2.75) is 39.7 Å². The number of benzene rings is 2. The highest BCUT2D eigenvalue weighted by Crippen LogP contribution is 2.32. The summed E-state index contributed by atoms with van der Waals surface area (Å²) in [6.45, 7) is 8.05. The number of nitrogens with zero attached hydrogens (tertiary/aromatic N) is 1. The molecule has 0 aliphatic heterocycles. The molecule has 2 aromatic rings. The van der Waals surface area contributed by atoms with Gasteiger partial charge in [-0.3, -0.25) is 9.10 Å². The summed E-state index contributed by atoms with van der Waals surface area (Å²) in [5.41, 5.74) is 3.62. The van der Waals surface area contributed by atoms with Gasteiger partial charge in [-0.2, -0.15) is 0 Å². The minimum absolute atomic E-state index is 0.215. The average Bonchev–Trinajstić information content (AvgIpc) is 2.66. The van der Waals surface area contributed by atoms with Crippen molar-refractivity contribution in [2.75, 3.05) is 24.7 Å². The molecule has 0 unspecified atom stereocenters. The topological polar surface area (TPSA) is 75.7 Å². The van der Waals surface area contributed by atoms with Crippen LogP contribution in [-0.4, -0.2) is 34.7 Å². The van der Waals surface area contributed by atoms with Gasteiger partial charge in [0.15, 0.2) is 0 Å². The molecule has 0 spiro atoms. The lowest BCUT2D eigenvalue weighted by molar-refractivity contribution is 0.0940. The number of halogens is 1. The number of carbonyl (C=O) groups is 1. The van der Waals surface area contributed by atoms with Gasteiger partial charge >= 0.3 is 0 Å². The van der Waals surface area contributed by atoms with Crippen molar-refractivity contribution < 1.29 is 17.9 Å². The van der Waals surface area contributed by atoms with E-state index in [9.17, 15) is 13.2 Å². The Morgan fingerprint density at radius 2 is 1.77 bits per heavy atom. The van der Waals surface area contributed by atoms with Crippen LogP contribution < -0.4 is 14.4 Å². The average molecular weight is 453 g/mol. The van der Waals surface area contributed by atoms with Crippen LogP contribution in [0.15, 0.2) is 30.3 Å². The second kappa shape index (κ2) is 9.27. The Balaban J connectivity index is 2.36. The molecule has 164 valence electrons. The van der Waals surface area contributed by atoms with E-state index in [4.69, 9.17) is 16.3 Å². The summed E-state index contributed by atoms with van der Waals surface area (Å²) in [5, 5.41) is 3.22. The Morgan fingerprint density at radius 3 is 2.30 bits per heavy atom. The zero-order valence-corrected chi connectivity index (χ0v) is 20.0. The van der Waals surface area contributed by atoms with E-state index >= 15 is 0 Å². The van der Waals surface area contributed by atoms with E-state index in [1.165, 1.54) is 19.2 Å². The number of anilines is 1. The Hall–Kier alpha value is -2.25. The van der Waals surface area contributed by atoms with Gasteiger partial charge in [-0.25, -0.2) is 8.42 Å². The highest BCUT2D eigenvalue weighted by atomic mass is 35.5. The molecule has 0 radical (unpaired) electrons. The van der Waals surface area contributed by atoms with Crippen LogP contribution in [0.2, 0.25) is 5.02 Å². The third kappa shape index (κ3) is 5.26. The SMILES string of the molecule is COc1cc(C)c([C@H](C)NC(=O)c2cc(N(C)S(C)(=O)=O)ccc2Cl)cc1C(C)C. The lowest BCUT2D eigenvalue weighted by Gasteiger charge is -2.22. The molecule has 1 atom stereocenters. The Labute approximate surface area is 184 Å². The van der Waals surface area contributed by atoms with Crippen LogP contribution >= 0.6 is 11.6 Å². The van der Waals surface area contributed by atoms with E-state index in [1.807, 2.05) is 19.9 Å². The molecule has 0 saturated carbocycles. The Morgan fingerprint density at radius 1 is 1.13 bits per heavy atom. The van der Waals surface area contributed by atoms with Gasteiger partial charge in [-0.15, -0.1) is 0 Å². The molecule has 0 aliphatic rings. The number of ether oxygens (including phenoxy) is 1. The lowest BCUT2D eigenvalue weighted by Crippen LogP contribution is -2.29. The van der Waals surface area contributed by atoms with Crippen LogP contribution in [0.1, 0.15) is 59.8 Å². The van der Waals surface area contributed by atoms with Gasteiger partial charge in [0, 0.05) is 7.05 Å². The maximum atomic E-state index is 12.9. The minimum atomic E-state index is -3.46. The van der Waals surface area contributed by atoms with Crippen molar-refractivity contribution in [1.82, 2.24) is 5.32 Å². The van der Waals surface area contributed by atoms with Gasteiger partial charge < -0.3 is 10.1 Å². The summed E-state index contributed by atoms with van der Waals surface area (Å²) in [5.74, 6) is 0.710. The zero-order chi connectivity index (χ0) is 22.8. The monoisotopic (exact) mass is 452 g/mol. The van der Waals surface area contributed by atoms with Crippen molar-refractivity contribution in [2.24, 2.45) is 0 Å². The standard InChI is InChI=1S/C22H29ClN2O4S/c1-13(2)17-12-18(14(3)10-21(17)29-6)15(4)24-22(26)19-11-16(8-9-20(19)23)25(5)30(7,27)28/h8-13,15H,1-7H3,(H,24,26)/t15-/m0/s1. The van der Waals surface area contributed by atoms with Crippen LogP contribution in [0.25, 0.3) is 0 Å². The fourth-order valence-electron chi connectivity index (χ4n) is 3.24. The number of hydrogen-bond donors (Lipinski definition) is 1. The molecule has 1 N–H and O–H groups in total. The molecule has 0 bridgehead atoms. The van der Waals surface area contributed by atoms with Gasteiger partial charge in [0.25, 0.3) is 5.91 Å². The first-order valence-corrected chi connectivity index (χ1v) is 11.8. The summed E-state index contributed by atoms with van der Waals surface area (Å²) in [6, 6.07) is 8.31. The molecular formula is C22H29ClN2O4S. The maximum Gasteiger partial charge on any atom is 0.253 e. The molecule has 0 aliphatic carbocycles. The van der Waals surface area contributed by atoms with Crippen molar-refractivity contribution in [3.8, 4) is 5.75 Å². The quantitative estimate of drug-likeness (QED) is 0.662. The number of rotatable bonds is 7. The lowest BCUT2D eigenvalue weighted by atomic mass is 9.93. The van der Waals surface area contributed by atoms with Gasteiger partial charge in [-0.1, -0.05) is 25.4 Å². The summed E-state index contributed by atoms with van der Waals surface area (Å²) >= 11 is 6.23. The van der Waals surface area contributed by atoms with Crippen molar-refractivity contribution in [3.63, 3.8) is 0 Å². The summed E-state index contributed by atoms with van der Waals surface area (Å²) in [4.78, 5) is 12.9. The summed E-state index contributed by atoms with van der Waals surface area (Å²) in [6.07, 6.45) is 1.10.